The number of Topliss-reactive ketones (excluding diaryl/α,β-unsaturated/α-hetero) is 1. The Labute approximate surface area is 648 Å². The number of benzene rings is 4. The lowest BCUT2D eigenvalue weighted by Crippen LogP contribution is -2.38. The van der Waals surface area contributed by atoms with E-state index in [9.17, 15) is 90.9 Å². The molecule has 0 saturated carbocycles. The Morgan fingerprint density at radius 3 is 1.16 bits per heavy atom. The van der Waals surface area contributed by atoms with E-state index in [2.05, 4.69) is 9.80 Å². The van der Waals surface area contributed by atoms with Crippen molar-refractivity contribution in [1.82, 2.24) is 18.9 Å². The molecule has 0 spiro atoms. The molecular weight excluding hydrogens is 1530 g/mol. The van der Waals surface area contributed by atoms with E-state index in [0.717, 1.165) is 71.7 Å². The second kappa shape index (κ2) is 40.4. The zero-order valence-electron chi connectivity index (χ0n) is 63.8. The summed E-state index contributed by atoms with van der Waals surface area (Å²) in [7, 11) is 0. The molecule has 8 rings (SSSR count). The van der Waals surface area contributed by atoms with Crippen molar-refractivity contribution in [3.05, 3.63) is 183 Å². The second-order valence-electron chi connectivity index (χ2n) is 28.7. The van der Waals surface area contributed by atoms with Crippen molar-refractivity contribution in [1.29, 1.82) is 0 Å². The van der Waals surface area contributed by atoms with Gasteiger partial charge in [0.15, 0.2) is 5.78 Å². The van der Waals surface area contributed by atoms with Crippen molar-refractivity contribution in [3.63, 3.8) is 0 Å². The molecule has 2 aliphatic heterocycles. The van der Waals surface area contributed by atoms with Crippen LogP contribution in [-0.4, -0.2) is 100 Å². The van der Waals surface area contributed by atoms with Gasteiger partial charge in [-0.1, -0.05) is 63.1 Å². The summed E-state index contributed by atoms with van der Waals surface area (Å²) in [5.74, 6) is -12.7. The van der Waals surface area contributed by atoms with Crippen LogP contribution >= 0.6 is 27.0 Å². The summed E-state index contributed by atoms with van der Waals surface area (Å²) < 4.78 is 240. The Morgan fingerprint density at radius 2 is 0.829 bits per heavy atom. The highest BCUT2D eigenvalue weighted by atomic mass is 32.1. The maximum absolute atomic E-state index is 16.8. The van der Waals surface area contributed by atoms with Crippen LogP contribution in [0, 0.1) is 76.6 Å². The molecule has 6 aromatic rings. The number of carboxylic acids is 1. The van der Waals surface area contributed by atoms with Crippen molar-refractivity contribution >= 4 is 50.7 Å². The summed E-state index contributed by atoms with van der Waals surface area (Å²) in [5, 5.41) is 9.42. The zero-order valence-corrected chi connectivity index (χ0v) is 65.8. The minimum absolute atomic E-state index is 0. The number of hydrogen-bond donors (Lipinski definition) is 2. The van der Waals surface area contributed by atoms with Gasteiger partial charge in [0.1, 0.15) is 29.3 Å². The summed E-state index contributed by atoms with van der Waals surface area (Å²) >= 11 is 0. The van der Waals surface area contributed by atoms with Gasteiger partial charge in [0.05, 0.1) is 54.4 Å². The number of carbonyl (C=O) groups is 4. The quantitative estimate of drug-likeness (QED) is 0.0351. The molecule has 111 heavy (non-hydrogen) atoms. The van der Waals surface area contributed by atoms with E-state index >= 15 is 13.2 Å². The first kappa shape index (κ1) is 95.7. The van der Waals surface area contributed by atoms with Crippen molar-refractivity contribution in [2.75, 3.05) is 52.5 Å². The largest absolute Gasteiger partial charge is 0.480 e. The van der Waals surface area contributed by atoms with Gasteiger partial charge < -0.3 is 39.2 Å². The lowest BCUT2D eigenvalue weighted by molar-refractivity contribution is -0.144. The van der Waals surface area contributed by atoms with Crippen LogP contribution < -0.4 is 16.9 Å². The van der Waals surface area contributed by atoms with Gasteiger partial charge in [-0.05, 0) is 215 Å². The Bertz CT molecular complexity index is 4330. The van der Waals surface area contributed by atoms with Gasteiger partial charge in [0, 0.05) is 65.2 Å². The first-order valence-electron chi connectivity index (χ1n) is 35.9. The third-order valence-corrected chi connectivity index (χ3v) is 19.0. The van der Waals surface area contributed by atoms with Crippen molar-refractivity contribution in [2.24, 2.45) is 17.6 Å². The van der Waals surface area contributed by atoms with Crippen LogP contribution in [0.25, 0.3) is 22.3 Å². The predicted octanol–water partition coefficient (Wildman–Crippen LogP) is 18.6. The highest BCUT2D eigenvalue weighted by Gasteiger charge is 2.44. The molecule has 2 saturated heterocycles. The first-order valence-corrected chi connectivity index (χ1v) is 35.9. The van der Waals surface area contributed by atoms with E-state index < -0.39 is 171 Å². The molecule has 0 bridgehead atoms. The van der Waals surface area contributed by atoms with Gasteiger partial charge in [-0.25, -0.2) is 22.4 Å². The summed E-state index contributed by atoms with van der Waals surface area (Å²) in [6.45, 7) is 24.5. The number of pyridine rings is 2. The van der Waals surface area contributed by atoms with Crippen molar-refractivity contribution in [2.45, 2.75) is 202 Å². The molecule has 32 heteroatoms. The molecule has 0 radical (unpaired) electrons. The summed E-state index contributed by atoms with van der Waals surface area (Å²) in [5.41, 5.74) is -1.54. The Balaban J connectivity index is 0.000000384. The lowest BCUT2D eigenvalue weighted by Gasteiger charge is -2.30. The minimum Gasteiger partial charge on any atom is -0.480 e. The van der Waals surface area contributed by atoms with E-state index in [-0.39, 0.29) is 100.0 Å². The Kier molecular flexibility index (Phi) is 34.8. The molecule has 0 amide bonds. The molecule has 4 aromatic carbocycles. The molecule has 0 aliphatic carbocycles. The number of carboxylic acid groups (broad SMARTS) is 1. The molecule has 2 unspecified atom stereocenters. The Morgan fingerprint density at radius 1 is 0.486 bits per heavy atom. The second-order valence-corrected chi connectivity index (χ2v) is 28.7. The monoisotopic (exact) mass is 1630 g/mol. The van der Waals surface area contributed by atoms with Gasteiger partial charge >= 0.3 is 42.6 Å². The van der Waals surface area contributed by atoms with E-state index in [1.807, 2.05) is 0 Å². The first-order chi connectivity index (χ1) is 50.6. The molecule has 4 atom stereocenters. The SMILES string of the molecule is CC(C)CC(C(=O)O)n1cc(CCCN2CCC2)c(C(F)(F)F)cc1=O.CCOC(=O)C[C@H](CC(=O)C(CC(C)C)n1cc(CCCN2CCC2)c(C(F)(F)F)cc1=O)c1c(F)c(-c2c(C)cc(C)cc2C)cc(C(F)(F)F)c1F.CCOC(=O)C[C@H](N)c1c(F)c(-c2c(C)cc(C)cc2C)cc(C(F)(F)F)c1F.S.S. The van der Waals surface area contributed by atoms with Crippen LogP contribution in [0.1, 0.15) is 201 Å². The molecule has 3 N–H and O–H groups in total. The number of rotatable bonds is 28. The van der Waals surface area contributed by atoms with Crippen molar-refractivity contribution in [3.8, 4) is 22.3 Å². The van der Waals surface area contributed by atoms with E-state index in [1.54, 1.807) is 93.5 Å². The number of ether oxygens (including phenoxy) is 2. The number of nitrogens with zero attached hydrogens (tertiary/aromatic N) is 4. The summed E-state index contributed by atoms with van der Waals surface area (Å²) in [6, 6.07) is 4.12. The van der Waals surface area contributed by atoms with Crippen LogP contribution in [0.3, 0.4) is 0 Å². The topological polar surface area (TPSA) is 183 Å². The summed E-state index contributed by atoms with van der Waals surface area (Å²) in [6.07, 6.45) is -17.2. The fourth-order valence-corrected chi connectivity index (χ4v) is 14.0. The van der Waals surface area contributed by atoms with Crippen LogP contribution in [0.4, 0.5) is 70.2 Å². The molecule has 14 nitrogen and oxygen atoms in total. The number of halogens is 16. The highest BCUT2D eigenvalue weighted by molar-refractivity contribution is 7.59. The molecule has 2 fully saturated rings. The van der Waals surface area contributed by atoms with Crippen LogP contribution in [0.15, 0.2) is 70.5 Å². The van der Waals surface area contributed by atoms with Crippen molar-refractivity contribution < 1.29 is 104 Å². The van der Waals surface area contributed by atoms with Gasteiger partial charge in [-0.3, -0.25) is 24.0 Å². The van der Waals surface area contributed by atoms with E-state index in [1.165, 1.54) is 13.8 Å². The van der Waals surface area contributed by atoms with Crippen LogP contribution in [-0.2, 0) is 66.2 Å². The number of esters is 2. The molecule has 616 valence electrons. The molecule has 2 aromatic heterocycles. The maximum atomic E-state index is 16.8. The maximum Gasteiger partial charge on any atom is 0.419 e. The van der Waals surface area contributed by atoms with Gasteiger partial charge in [0.2, 0.25) is 0 Å². The van der Waals surface area contributed by atoms with Gasteiger partial charge in [-0.2, -0.15) is 79.7 Å². The van der Waals surface area contributed by atoms with E-state index in [4.69, 9.17) is 15.2 Å². The van der Waals surface area contributed by atoms with Gasteiger partial charge in [0.25, 0.3) is 11.1 Å². The van der Waals surface area contributed by atoms with Crippen LogP contribution in [0.2, 0.25) is 0 Å². The third kappa shape index (κ3) is 25.2. The number of aryl methyl sites for hydroxylation is 8. The highest BCUT2D eigenvalue weighted by Crippen LogP contribution is 2.46. The predicted molar refractivity (Wildman–Crippen MR) is 399 cm³/mol. The number of likely N-dealkylation sites (tertiary alicyclic amines) is 2. The van der Waals surface area contributed by atoms with Gasteiger partial charge in [-0.15, -0.1) is 0 Å². The molecular formula is C79H97F16N5O9S2. The number of alkyl halides is 12. The fourth-order valence-electron chi connectivity index (χ4n) is 14.0. The van der Waals surface area contributed by atoms with E-state index in [0.29, 0.717) is 72.5 Å². The standard InChI is InChI=1S/C40H46F8N2O4.C21H22F5NO2.C18H25F3N2O3.2H2S/c1-7-54-34(53)18-27(36-37(41)28(19-30(38(36)42)40(46,47)48)35-24(5)15-23(4)16-25(35)6)17-32(51)31(14-22(2)3)50-21-26(10-8-11-49-12-9-13-49)29(20-33(50)52)39(43,44)45;1-5-29-16(28)9-15(27)18-19(22)13(8-14(20(18)23)21(24,25)26)17-11(3)6-10(2)7-12(17)4;1-12(2)9-15(17(25)26)23-11-13(5-3-6-22-7-4-8-22)14(10-16(23)24)18(19,20)21;;/h15-16,19-22,27,31H,7-14,17-18H2,1-6H3;6-8,15H,5,9,27H2,1-4H3;10-12,15H,3-9H2,1-2H3,(H,25,26);2*1H2/t27-,31?;15-;;;/m00.../s1. The minimum atomic E-state index is -5.31. The number of ketones is 1. The average molecular weight is 1630 g/mol. The number of aromatic nitrogens is 2. The zero-order chi connectivity index (χ0) is 81.9. The normalized spacial score (nSPS) is 14.5. The number of carbonyl (C=O) groups excluding carboxylic acids is 3. The Hall–Kier alpha value is -7.68. The molecule has 2 aliphatic rings. The fraction of sp³-hybridized carbons (Fsp3) is 0.519. The van der Waals surface area contributed by atoms with Crippen LogP contribution in [0.5, 0.6) is 0 Å². The average Bonchev–Trinajstić information content (AvgIpc) is 0.751. The third-order valence-electron chi connectivity index (χ3n) is 19.0. The lowest BCUT2D eigenvalue weighted by atomic mass is 9.82. The molecule has 4 heterocycles. The number of hydrogen-bond acceptors (Lipinski definition) is 11. The summed E-state index contributed by atoms with van der Waals surface area (Å²) in [4.78, 5) is 80.1. The number of aliphatic carboxylic acids is 1. The number of nitrogens with two attached hydrogens (primary N) is 1. The smallest absolute Gasteiger partial charge is 0.419 e.